The molecule has 1 aromatic rings. The van der Waals surface area contributed by atoms with E-state index in [0.29, 0.717) is 19.0 Å². The number of likely N-dealkylation sites (N-methyl/N-ethyl adjacent to an activating group) is 1. The number of aromatic nitrogens is 1. The molecule has 0 spiro atoms. The van der Waals surface area contributed by atoms with Crippen LogP contribution in [0.3, 0.4) is 0 Å². The zero-order valence-electron chi connectivity index (χ0n) is 11.1. The molecule has 1 heterocycles. The summed E-state index contributed by atoms with van der Waals surface area (Å²) in [5, 5.41) is 0. The molecular formula is C13H23N3O. The fraction of sp³-hybridized carbons (Fsp3) is 0.615. The molecule has 0 aliphatic rings. The first-order valence-electron chi connectivity index (χ1n) is 6.23. The lowest BCUT2D eigenvalue weighted by Crippen LogP contribution is -2.28. The second-order valence-corrected chi connectivity index (χ2v) is 4.00. The Morgan fingerprint density at radius 3 is 2.59 bits per heavy atom. The van der Waals surface area contributed by atoms with E-state index in [-0.39, 0.29) is 0 Å². The van der Waals surface area contributed by atoms with Crippen molar-refractivity contribution < 1.29 is 4.74 Å². The topological polar surface area (TPSA) is 51.4 Å². The van der Waals surface area contributed by atoms with Crippen molar-refractivity contribution in [2.24, 2.45) is 5.73 Å². The van der Waals surface area contributed by atoms with E-state index in [1.54, 1.807) is 0 Å². The average Bonchev–Trinajstić information content (AvgIpc) is 2.35. The van der Waals surface area contributed by atoms with Gasteiger partial charge in [-0.1, -0.05) is 19.9 Å². The Morgan fingerprint density at radius 1 is 1.29 bits per heavy atom. The minimum atomic E-state index is 0.466. The lowest BCUT2D eigenvalue weighted by Gasteiger charge is -2.18. The van der Waals surface area contributed by atoms with Crippen LogP contribution >= 0.6 is 0 Å². The van der Waals surface area contributed by atoms with Gasteiger partial charge in [-0.2, -0.15) is 0 Å². The van der Waals surface area contributed by atoms with Gasteiger partial charge in [-0.15, -0.1) is 0 Å². The van der Waals surface area contributed by atoms with Crippen LogP contribution in [-0.2, 0) is 6.54 Å². The molecule has 0 saturated heterocycles. The molecule has 1 aromatic heterocycles. The standard InChI is InChI=1S/C13H23N3O/c1-4-16(5-2)8-9-17-13-12(10-14)7-6-11(3)15-13/h6-7H,4-5,8-10,14H2,1-3H3. The molecule has 0 saturated carbocycles. The van der Waals surface area contributed by atoms with Gasteiger partial charge in [0.25, 0.3) is 0 Å². The van der Waals surface area contributed by atoms with Crippen molar-refractivity contribution in [1.29, 1.82) is 0 Å². The van der Waals surface area contributed by atoms with Crippen molar-refractivity contribution in [3.63, 3.8) is 0 Å². The summed E-state index contributed by atoms with van der Waals surface area (Å²) in [4.78, 5) is 6.69. The van der Waals surface area contributed by atoms with Crippen molar-refractivity contribution >= 4 is 0 Å². The van der Waals surface area contributed by atoms with E-state index in [9.17, 15) is 0 Å². The van der Waals surface area contributed by atoms with Crippen LogP contribution in [0.5, 0.6) is 5.88 Å². The molecule has 0 aliphatic heterocycles. The van der Waals surface area contributed by atoms with E-state index in [1.165, 1.54) is 0 Å². The number of rotatable bonds is 7. The molecule has 4 heteroatoms. The molecule has 4 nitrogen and oxygen atoms in total. The lowest BCUT2D eigenvalue weighted by atomic mass is 10.2. The van der Waals surface area contributed by atoms with Gasteiger partial charge in [0.05, 0.1) is 0 Å². The number of ether oxygens (including phenoxy) is 1. The van der Waals surface area contributed by atoms with Crippen LogP contribution in [0.1, 0.15) is 25.1 Å². The fourth-order valence-corrected chi connectivity index (χ4v) is 1.65. The van der Waals surface area contributed by atoms with Crippen LogP contribution in [0.2, 0.25) is 0 Å². The minimum Gasteiger partial charge on any atom is -0.476 e. The first-order valence-corrected chi connectivity index (χ1v) is 6.23. The number of pyridine rings is 1. The Labute approximate surface area is 104 Å². The summed E-state index contributed by atoms with van der Waals surface area (Å²) in [6.45, 7) is 10.4. The highest BCUT2D eigenvalue weighted by molar-refractivity contribution is 5.27. The molecule has 0 radical (unpaired) electrons. The maximum absolute atomic E-state index is 5.71. The highest BCUT2D eigenvalue weighted by Crippen LogP contribution is 2.15. The number of nitrogens with two attached hydrogens (primary N) is 1. The Hall–Kier alpha value is -1.13. The summed E-state index contributed by atoms with van der Waals surface area (Å²) in [6, 6.07) is 3.94. The molecule has 0 aliphatic carbocycles. The smallest absolute Gasteiger partial charge is 0.218 e. The third-order valence-electron chi connectivity index (χ3n) is 2.84. The number of nitrogens with zero attached hydrogens (tertiary/aromatic N) is 2. The average molecular weight is 237 g/mol. The van der Waals surface area contributed by atoms with Gasteiger partial charge in [-0.05, 0) is 26.1 Å². The Kier molecular flexibility index (Phi) is 5.94. The van der Waals surface area contributed by atoms with Gasteiger partial charge in [0, 0.05) is 24.3 Å². The summed E-state index contributed by atoms with van der Waals surface area (Å²) in [6.07, 6.45) is 0. The zero-order chi connectivity index (χ0) is 12.7. The van der Waals surface area contributed by atoms with E-state index in [1.807, 2.05) is 19.1 Å². The normalized spacial score (nSPS) is 10.9. The third kappa shape index (κ3) is 4.32. The Balaban J connectivity index is 2.53. The molecule has 0 bridgehead atoms. The van der Waals surface area contributed by atoms with E-state index in [2.05, 4.69) is 23.7 Å². The molecule has 1 rings (SSSR count). The van der Waals surface area contributed by atoms with E-state index >= 15 is 0 Å². The van der Waals surface area contributed by atoms with Crippen LogP contribution in [0, 0.1) is 6.92 Å². The molecule has 2 N–H and O–H groups in total. The molecule has 0 unspecified atom stereocenters. The summed E-state index contributed by atoms with van der Waals surface area (Å²) in [5.74, 6) is 0.680. The predicted octanol–water partition coefficient (Wildman–Crippen LogP) is 1.57. The fourth-order valence-electron chi connectivity index (χ4n) is 1.65. The summed E-state index contributed by atoms with van der Waals surface area (Å²) >= 11 is 0. The monoisotopic (exact) mass is 237 g/mol. The van der Waals surface area contributed by atoms with Crippen molar-refractivity contribution in [3.05, 3.63) is 23.4 Å². The quantitative estimate of drug-likeness (QED) is 0.782. The molecule has 0 amide bonds. The molecule has 0 atom stereocenters. The number of hydrogen-bond donors (Lipinski definition) is 1. The Morgan fingerprint density at radius 2 is 2.00 bits per heavy atom. The summed E-state index contributed by atoms with van der Waals surface area (Å²) in [5.41, 5.74) is 7.58. The molecule has 0 aromatic carbocycles. The van der Waals surface area contributed by atoms with Crippen LogP contribution in [0.4, 0.5) is 0 Å². The second kappa shape index (κ2) is 7.25. The number of aryl methyl sites for hydroxylation is 1. The van der Waals surface area contributed by atoms with E-state index in [0.717, 1.165) is 30.9 Å². The third-order valence-corrected chi connectivity index (χ3v) is 2.84. The van der Waals surface area contributed by atoms with Crippen LogP contribution in [0.25, 0.3) is 0 Å². The first-order chi connectivity index (χ1) is 8.21. The van der Waals surface area contributed by atoms with Gasteiger partial charge in [0.2, 0.25) is 5.88 Å². The van der Waals surface area contributed by atoms with Crippen LogP contribution in [0.15, 0.2) is 12.1 Å². The Bertz CT molecular complexity index is 337. The molecule has 17 heavy (non-hydrogen) atoms. The first kappa shape index (κ1) is 13.9. The molecular weight excluding hydrogens is 214 g/mol. The van der Waals surface area contributed by atoms with Gasteiger partial charge in [0.1, 0.15) is 6.61 Å². The number of hydrogen-bond acceptors (Lipinski definition) is 4. The zero-order valence-corrected chi connectivity index (χ0v) is 11.1. The maximum Gasteiger partial charge on any atom is 0.218 e. The van der Waals surface area contributed by atoms with Crippen molar-refractivity contribution in [2.75, 3.05) is 26.2 Å². The highest BCUT2D eigenvalue weighted by Gasteiger charge is 2.05. The van der Waals surface area contributed by atoms with E-state index < -0.39 is 0 Å². The second-order valence-electron chi connectivity index (χ2n) is 4.00. The van der Waals surface area contributed by atoms with Gasteiger partial charge < -0.3 is 15.4 Å². The summed E-state index contributed by atoms with van der Waals surface area (Å²) < 4.78 is 5.71. The lowest BCUT2D eigenvalue weighted by molar-refractivity contribution is 0.216. The van der Waals surface area contributed by atoms with Gasteiger partial charge in [-0.25, -0.2) is 4.98 Å². The highest BCUT2D eigenvalue weighted by atomic mass is 16.5. The van der Waals surface area contributed by atoms with E-state index in [4.69, 9.17) is 10.5 Å². The minimum absolute atomic E-state index is 0.466. The molecule has 0 fully saturated rings. The van der Waals surface area contributed by atoms with Crippen molar-refractivity contribution in [3.8, 4) is 5.88 Å². The maximum atomic E-state index is 5.71. The van der Waals surface area contributed by atoms with Crippen molar-refractivity contribution in [2.45, 2.75) is 27.3 Å². The van der Waals surface area contributed by atoms with Gasteiger partial charge >= 0.3 is 0 Å². The predicted molar refractivity (Wildman–Crippen MR) is 70.1 cm³/mol. The molecule has 96 valence electrons. The largest absolute Gasteiger partial charge is 0.476 e. The van der Waals surface area contributed by atoms with Crippen molar-refractivity contribution in [1.82, 2.24) is 9.88 Å². The van der Waals surface area contributed by atoms with Crippen LogP contribution < -0.4 is 10.5 Å². The SMILES string of the molecule is CCN(CC)CCOc1nc(C)ccc1CN. The van der Waals surface area contributed by atoms with Gasteiger partial charge in [0.15, 0.2) is 0 Å². The summed E-state index contributed by atoms with van der Waals surface area (Å²) in [7, 11) is 0. The van der Waals surface area contributed by atoms with Gasteiger partial charge in [-0.3, -0.25) is 0 Å². The van der Waals surface area contributed by atoms with Crippen LogP contribution in [-0.4, -0.2) is 36.1 Å².